The lowest BCUT2D eigenvalue weighted by Gasteiger charge is -2.03. The first kappa shape index (κ1) is 9.20. The first-order chi connectivity index (χ1) is 6.79. The molecule has 1 aliphatic carbocycles. The van der Waals surface area contributed by atoms with Gasteiger partial charge in [-0.3, -0.25) is 4.79 Å². The lowest BCUT2D eigenvalue weighted by atomic mass is 10.0. The molecule has 14 heavy (non-hydrogen) atoms. The maximum Gasteiger partial charge on any atom is 0.156 e. The molecule has 2 rings (SSSR count). The van der Waals surface area contributed by atoms with E-state index in [9.17, 15) is 4.79 Å². The molecule has 0 heterocycles. The average molecular weight is 186 g/mol. The van der Waals surface area contributed by atoms with Crippen LogP contribution in [0.3, 0.4) is 0 Å². The number of rotatable bonds is 2. The lowest BCUT2D eigenvalue weighted by Crippen LogP contribution is -1.84. The molecule has 0 fully saturated rings. The van der Waals surface area contributed by atoms with Gasteiger partial charge in [-0.15, -0.1) is 0 Å². The van der Waals surface area contributed by atoms with E-state index >= 15 is 0 Å². The van der Waals surface area contributed by atoms with Crippen LogP contribution in [-0.4, -0.2) is 5.78 Å². The summed E-state index contributed by atoms with van der Waals surface area (Å²) in [7, 11) is 0. The smallest absolute Gasteiger partial charge is 0.156 e. The molecular weight excluding hydrogens is 172 g/mol. The van der Waals surface area contributed by atoms with Crippen molar-refractivity contribution in [2.24, 2.45) is 0 Å². The van der Waals surface area contributed by atoms with Gasteiger partial charge in [0.25, 0.3) is 0 Å². The Bertz CT molecular complexity index is 388. The van der Waals surface area contributed by atoms with Crippen molar-refractivity contribution in [1.29, 1.82) is 0 Å². The summed E-state index contributed by atoms with van der Waals surface area (Å²) < 4.78 is 0. The van der Waals surface area contributed by atoms with Crippen molar-refractivity contribution in [2.45, 2.75) is 26.2 Å². The van der Waals surface area contributed by atoms with Crippen LogP contribution in [0, 0.1) is 0 Å². The highest BCUT2D eigenvalue weighted by atomic mass is 16.1. The fraction of sp³-hybridized carbons (Fsp3) is 0.308. The standard InChI is InChI=1S/C13H14O/c1-2-10-4-3-5-11(8-10)12-6-7-13(14)9-12/h3-5,8-9H,2,6-7H2,1H3. The molecule has 0 saturated carbocycles. The van der Waals surface area contributed by atoms with Gasteiger partial charge in [-0.2, -0.15) is 0 Å². The number of ketones is 1. The lowest BCUT2D eigenvalue weighted by molar-refractivity contribution is -0.114. The summed E-state index contributed by atoms with van der Waals surface area (Å²) in [6.45, 7) is 2.15. The molecule has 0 aromatic heterocycles. The van der Waals surface area contributed by atoms with Gasteiger partial charge >= 0.3 is 0 Å². The second-order valence-electron chi connectivity index (χ2n) is 3.69. The summed E-state index contributed by atoms with van der Waals surface area (Å²) in [5.41, 5.74) is 3.75. The minimum Gasteiger partial charge on any atom is -0.295 e. The van der Waals surface area contributed by atoms with Crippen molar-refractivity contribution >= 4 is 11.4 Å². The third-order valence-electron chi connectivity index (χ3n) is 2.68. The summed E-state index contributed by atoms with van der Waals surface area (Å²) >= 11 is 0. The predicted molar refractivity (Wildman–Crippen MR) is 58.0 cm³/mol. The first-order valence-corrected chi connectivity index (χ1v) is 5.12. The van der Waals surface area contributed by atoms with Crippen molar-refractivity contribution in [2.75, 3.05) is 0 Å². The van der Waals surface area contributed by atoms with Crippen LogP contribution in [0.15, 0.2) is 30.3 Å². The van der Waals surface area contributed by atoms with Crippen LogP contribution in [0.1, 0.15) is 30.9 Å². The van der Waals surface area contributed by atoms with Crippen LogP contribution in [0.4, 0.5) is 0 Å². The summed E-state index contributed by atoms with van der Waals surface area (Å²) in [5, 5.41) is 0. The van der Waals surface area contributed by atoms with E-state index in [1.165, 1.54) is 16.7 Å². The number of allylic oxidation sites excluding steroid dienone is 2. The molecule has 0 N–H and O–H groups in total. The zero-order chi connectivity index (χ0) is 9.97. The summed E-state index contributed by atoms with van der Waals surface area (Å²) in [5.74, 6) is 0.266. The second-order valence-corrected chi connectivity index (χ2v) is 3.69. The van der Waals surface area contributed by atoms with Gasteiger partial charge in [-0.1, -0.05) is 31.2 Å². The molecule has 0 bridgehead atoms. The van der Waals surface area contributed by atoms with Crippen molar-refractivity contribution in [3.8, 4) is 0 Å². The van der Waals surface area contributed by atoms with Gasteiger partial charge in [-0.05, 0) is 35.6 Å². The molecule has 1 aliphatic rings. The summed E-state index contributed by atoms with van der Waals surface area (Å²) in [6.07, 6.45) is 4.43. The molecule has 0 spiro atoms. The minimum absolute atomic E-state index is 0.266. The molecule has 1 heteroatoms. The Morgan fingerprint density at radius 3 is 2.79 bits per heavy atom. The Labute approximate surface area is 84.5 Å². The largest absolute Gasteiger partial charge is 0.295 e. The van der Waals surface area contributed by atoms with Gasteiger partial charge < -0.3 is 0 Å². The highest BCUT2D eigenvalue weighted by molar-refractivity contribution is 6.01. The molecule has 1 aromatic rings. The monoisotopic (exact) mass is 186 g/mol. The SMILES string of the molecule is CCc1cccc(C2=CC(=O)CC2)c1. The fourth-order valence-corrected chi connectivity index (χ4v) is 1.82. The molecule has 0 radical (unpaired) electrons. The number of aryl methyl sites for hydroxylation is 1. The fourth-order valence-electron chi connectivity index (χ4n) is 1.82. The van der Waals surface area contributed by atoms with E-state index in [2.05, 4.69) is 31.2 Å². The topological polar surface area (TPSA) is 17.1 Å². The zero-order valence-corrected chi connectivity index (χ0v) is 8.42. The third-order valence-corrected chi connectivity index (χ3v) is 2.68. The quantitative estimate of drug-likeness (QED) is 0.694. The van der Waals surface area contributed by atoms with Crippen LogP contribution in [0.25, 0.3) is 5.57 Å². The number of hydrogen-bond acceptors (Lipinski definition) is 1. The van der Waals surface area contributed by atoms with E-state index in [4.69, 9.17) is 0 Å². The molecule has 72 valence electrons. The van der Waals surface area contributed by atoms with Crippen LogP contribution in [0.2, 0.25) is 0 Å². The van der Waals surface area contributed by atoms with Gasteiger partial charge in [-0.25, -0.2) is 0 Å². The van der Waals surface area contributed by atoms with Gasteiger partial charge in [0.2, 0.25) is 0 Å². The Morgan fingerprint density at radius 1 is 1.29 bits per heavy atom. The molecule has 0 aliphatic heterocycles. The molecule has 1 nitrogen and oxygen atoms in total. The maximum atomic E-state index is 11.1. The van der Waals surface area contributed by atoms with Gasteiger partial charge in [0, 0.05) is 6.42 Å². The second kappa shape index (κ2) is 3.79. The van der Waals surface area contributed by atoms with Crippen LogP contribution in [-0.2, 0) is 11.2 Å². The van der Waals surface area contributed by atoms with Crippen LogP contribution < -0.4 is 0 Å². The number of benzene rings is 1. The average Bonchev–Trinajstić information content (AvgIpc) is 2.65. The van der Waals surface area contributed by atoms with Gasteiger partial charge in [0.1, 0.15) is 0 Å². The predicted octanol–water partition coefficient (Wildman–Crippen LogP) is 3.00. The molecule has 0 unspecified atom stereocenters. The van der Waals surface area contributed by atoms with E-state index in [0.717, 1.165) is 12.8 Å². The molecular formula is C13H14O. The van der Waals surface area contributed by atoms with E-state index in [0.29, 0.717) is 6.42 Å². The normalized spacial score (nSPS) is 15.8. The Morgan fingerprint density at radius 2 is 2.14 bits per heavy atom. The summed E-state index contributed by atoms with van der Waals surface area (Å²) in [6, 6.07) is 8.46. The van der Waals surface area contributed by atoms with E-state index in [1.807, 2.05) is 0 Å². The van der Waals surface area contributed by atoms with Crippen molar-refractivity contribution in [1.82, 2.24) is 0 Å². The number of carbonyl (C=O) groups is 1. The highest BCUT2D eigenvalue weighted by Crippen LogP contribution is 2.26. The zero-order valence-electron chi connectivity index (χ0n) is 8.42. The van der Waals surface area contributed by atoms with Gasteiger partial charge in [0.15, 0.2) is 5.78 Å². The third kappa shape index (κ3) is 1.77. The Balaban J connectivity index is 2.32. The highest BCUT2D eigenvalue weighted by Gasteiger charge is 2.13. The van der Waals surface area contributed by atoms with Gasteiger partial charge in [0.05, 0.1) is 0 Å². The maximum absolute atomic E-state index is 11.1. The molecule has 0 atom stereocenters. The van der Waals surface area contributed by atoms with Crippen LogP contribution in [0.5, 0.6) is 0 Å². The van der Waals surface area contributed by atoms with E-state index in [-0.39, 0.29) is 5.78 Å². The van der Waals surface area contributed by atoms with Crippen molar-refractivity contribution in [3.63, 3.8) is 0 Å². The van der Waals surface area contributed by atoms with E-state index in [1.54, 1.807) is 6.08 Å². The van der Waals surface area contributed by atoms with Crippen LogP contribution >= 0.6 is 0 Å². The van der Waals surface area contributed by atoms with E-state index < -0.39 is 0 Å². The first-order valence-electron chi connectivity index (χ1n) is 5.12. The molecule has 0 amide bonds. The number of hydrogen-bond donors (Lipinski definition) is 0. The number of carbonyl (C=O) groups excluding carboxylic acids is 1. The Hall–Kier alpha value is -1.37. The molecule has 1 aromatic carbocycles. The molecule has 0 saturated heterocycles. The summed E-state index contributed by atoms with van der Waals surface area (Å²) in [4.78, 5) is 11.1. The Kier molecular flexibility index (Phi) is 2.49. The van der Waals surface area contributed by atoms with Crippen molar-refractivity contribution < 1.29 is 4.79 Å². The van der Waals surface area contributed by atoms with Crippen molar-refractivity contribution in [3.05, 3.63) is 41.5 Å². The minimum atomic E-state index is 0.266.